The van der Waals surface area contributed by atoms with Crippen LogP contribution >= 0.6 is 27.5 Å². The maximum absolute atomic E-state index is 12.0. The molecule has 0 saturated carbocycles. The standard InChI is InChI=1S/C19H18BrClN4O2/c20-14-5-8-17-24-16(12-25(17)11-14)10-23-18(26)2-1-9-22-19(27)13-3-6-15(21)7-4-13/h3-8,11-12H,1-2,9-10H2,(H,22,27)(H,23,26). The third-order valence-electron chi connectivity index (χ3n) is 3.90. The van der Waals surface area contributed by atoms with Crippen LogP contribution < -0.4 is 10.6 Å². The van der Waals surface area contributed by atoms with Gasteiger partial charge in [0.05, 0.1) is 12.2 Å². The largest absolute Gasteiger partial charge is 0.352 e. The Kier molecular flexibility index (Phi) is 6.47. The van der Waals surface area contributed by atoms with Crippen LogP contribution in [0, 0.1) is 0 Å². The van der Waals surface area contributed by atoms with Crippen molar-refractivity contribution < 1.29 is 9.59 Å². The van der Waals surface area contributed by atoms with Crippen LogP contribution in [0.25, 0.3) is 5.65 Å². The van der Waals surface area contributed by atoms with Crippen LogP contribution in [0.4, 0.5) is 0 Å². The highest BCUT2D eigenvalue weighted by molar-refractivity contribution is 9.10. The van der Waals surface area contributed by atoms with Gasteiger partial charge in [0.25, 0.3) is 5.91 Å². The normalized spacial score (nSPS) is 10.7. The number of hydrogen-bond donors (Lipinski definition) is 2. The molecule has 1 aromatic carbocycles. The van der Waals surface area contributed by atoms with E-state index in [4.69, 9.17) is 11.6 Å². The average molecular weight is 450 g/mol. The van der Waals surface area contributed by atoms with E-state index in [-0.39, 0.29) is 11.8 Å². The molecule has 27 heavy (non-hydrogen) atoms. The van der Waals surface area contributed by atoms with Crippen LogP contribution in [0.1, 0.15) is 28.9 Å². The lowest BCUT2D eigenvalue weighted by Crippen LogP contribution is -2.27. The first-order chi connectivity index (χ1) is 13.0. The average Bonchev–Trinajstić information content (AvgIpc) is 3.06. The van der Waals surface area contributed by atoms with Crippen molar-refractivity contribution in [2.45, 2.75) is 19.4 Å². The monoisotopic (exact) mass is 448 g/mol. The molecule has 6 nitrogen and oxygen atoms in total. The summed E-state index contributed by atoms with van der Waals surface area (Å²) in [4.78, 5) is 28.4. The zero-order valence-electron chi connectivity index (χ0n) is 14.4. The van der Waals surface area contributed by atoms with Crippen LogP contribution in [0.5, 0.6) is 0 Å². The summed E-state index contributed by atoms with van der Waals surface area (Å²) in [6.45, 7) is 0.798. The van der Waals surface area contributed by atoms with Crippen molar-refractivity contribution in [2.75, 3.05) is 6.54 Å². The van der Waals surface area contributed by atoms with Gasteiger partial charge < -0.3 is 15.0 Å². The number of imidazole rings is 1. The molecular weight excluding hydrogens is 432 g/mol. The van der Waals surface area contributed by atoms with Crippen molar-refractivity contribution >= 4 is 45.0 Å². The number of halogens is 2. The molecule has 0 saturated heterocycles. The molecule has 140 valence electrons. The Morgan fingerprint density at radius 2 is 1.85 bits per heavy atom. The Balaban J connectivity index is 1.38. The van der Waals surface area contributed by atoms with E-state index in [2.05, 4.69) is 31.5 Å². The summed E-state index contributed by atoms with van der Waals surface area (Å²) in [5.74, 6) is -0.253. The van der Waals surface area contributed by atoms with Crippen LogP contribution in [0.3, 0.4) is 0 Å². The van der Waals surface area contributed by atoms with Crippen molar-refractivity contribution in [1.82, 2.24) is 20.0 Å². The molecule has 0 bridgehead atoms. The summed E-state index contributed by atoms with van der Waals surface area (Å²) < 4.78 is 2.86. The van der Waals surface area contributed by atoms with E-state index >= 15 is 0 Å². The van der Waals surface area contributed by atoms with E-state index in [1.54, 1.807) is 24.3 Å². The van der Waals surface area contributed by atoms with Gasteiger partial charge in [0.1, 0.15) is 5.65 Å². The fourth-order valence-corrected chi connectivity index (χ4v) is 3.01. The van der Waals surface area contributed by atoms with Gasteiger partial charge in [-0.15, -0.1) is 0 Å². The summed E-state index contributed by atoms with van der Waals surface area (Å²) in [7, 11) is 0. The zero-order valence-corrected chi connectivity index (χ0v) is 16.8. The highest BCUT2D eigenvalue weighted by atomic mass is 79.9. The molecule has 0 atom stereocenters. The first-order valence-corrected chi connectivity index (χ1v) is 9.62. The summed E-state index contributed by atoms with van der Waals surface area (Å²) in [5, 5.41) is 6.22. The van der Waals surface area contributed by atoms with Gasteiger partial charge in [-0.25, -0.2) is 4.98 Å². The topological polar surface area (TPSA) is 75.5 Å². The molecule has 2 aromatic heterocycles. The molecular formula is C19H18BrClN4O2. The number of rotatable bonds is 7. The molecule has 2 amide bonds. The lowest BCUT2D eigenvalue weighted by molar-refractivity contribution is -0.121. The molecule has 8 heteroatoms. The van der Waals surface area contributed by atoms with Crippen molar-refractivity contribution in [3.05, 3.63) is 69.5 Å². The second-order valence-corrected chi connectivity index (χ2v) is 7.34. The predicted molar refractivity (Wildman–Crippen MR) is 108 cm³/mol. The van der Waals surface area contributed by atoms with Crippen molar-refractivity contribution in [3.8, 4) is 0 Å². The number of nitrogens with zero attached hydrogens (tertiary/aromatic N) is 2. The number of fused-ring (bicyclic) bond motifs is 1. The van der Waals surface area contributed by atoms with Gasteiger partial charge in [-0.3, -0.25) is 9.59 Å². The molecule has 3 aromatic rings. The van der Waals surface area contributed by atoms with Gasteiger partial charge in [0.2, 0.25) is 5.91 Å². The number of amides is 2. The predicted octanol–water partition coefficient (Wildman–Crippen LogP) is 3.58. The molecule has 0 radical (unpaired) electrons. The first-order valence-electron chi connectivity index (χ1n) is 8.45. The fraction of sp³-hybridized carbons (Fsp3) is 0.211. The van der Waals surface area contributed by atoms with Gasteiger partial charge in [-0.05, 0) is 58.7 Å². The summed E-state index contributed by atoms with van der Waals surface area (Å²) in [5.41, 5.74) is 2.16. The fourth-order valence-electron chi connectivity index (χ4n) is 2.53. The molecule has 0 unspecified atom stereocenters. The second-order valence-electron chi connectivity index (χ2n) is 5.99. The number of carbonyl (C=O) groups excluding carboxylic acids is 2. The van der Waals surface area contributed by atoms with Crippen molar-refractivity contribution in [3.63, 3.8) is 0 Å². The van der Waals surface area contributed by atoms with E-state index in [1.807, 2.05) is 28.9 Å². The third-order valence-corrected chi connectivity index (χ3v) is 4.63. The molecule has 2 heterocycles. The summed E-state index contributed by atoms with van der Waals surface area (Å²) in [6, 6.07) is 10.5. The molecule has 3 rings (SSSR count). The first kappa shape index (κ1) is 19.4. The van der Waals surface area contributed by atoms with Gasteiger partial charge in [0, 0.05) is 40.4 Å². The molecule has 0 spiro atoms. The highest BCUT2D eigenvalue weighted by Gasteiger charge is 2.07. The van der Waals surface area contributed by atoms with E-state index in [9.17, 15) is 9.59 Å². The Hall–Kier alpha value is -2.38. The second kappa shape index (κ2) is 9.01. The van der Waals surface area contributed by atoms with Crippen LogP contribution in [0.2, 0.25) is 5.02 Å². The van der Waals surface area contributed by atoms with Crippen LogP contribution in [0.15, 0.2) is 53.3 Å². The summed E-state index contributed by atoms with van der Waals surface area (Å²) in [6.07, 6.45) is 4.69. The number of nitrogens with one attached hydrogen (secondary N) is 2. The van der Waals surface area contributed by atoms with E-state index in [1.165, 1.54) is 0 Å². The highest BCUT2D eigenvalue weighted by Crippen LogP contribution is 2.12. The number of aromatic nitrogens is 2. The van der Waals surface area contributed by atoms with Gasteiger partial charge in [-0.2, -0.15) is 0 Å². The maximum Gasteiger partial charge on any atom is 0.251 e. The Morgan fingerprint density at radius 3 is 2.63 bits per heavy atom. The van der Waals surface area contributed by atoms with Crippen molar-refractivity contribution in [2.24, 2.45) is 0 Å². The Morgan fingerprint density at radius 1 is 1.07 bits per heavy atom. The van der Waals surface area contributed by atoms with E-state index in [0.29, 0.717) is 36.5 Å². The number of hydrogen-bond acceptors (Lipinski definition) is 3. The molecule has 0 fully saturated rings. The smallest absolute Gasteiger partial charge is 0.251 e. The minimum atomic E-state index is -0.178. The maximum atomic E-state index is 12.0. The summed E-state index contributed by atoms with van der Waals surface area (Å²) >= 11 is 9.21. The zero-order chi connectivity index (χ0) is 19.2. The molecule has 0 aliphatic rings. The number of benzene rings is 1. The Bertz CT molecular complexity index is 956. The molecule has 2 N–H and O–H groups in total. The number of carbonyl (C=O) groups is 2. The third kappa shape index (κ3) is 5.55. The van der Waals surface area contributed by atoms with E-state index in [0.717, 1.165) is 15.8 Å². The van der Waals surface area contributed by atoms with Gasteiger partial charge in [-0.1, -0.05) is 11.6 Å². The Labute approximate surface area is 170 Å². The van der Waals surface area contributed by atoms with Crippen LogP contribution in [-0.2, 0) is 11.3 Å². The van der Waals surface area contributed by atoms with Crippen molar-refractivity contribution in [1.29, 1.82) is 0 Å². The molecule has 0 aliphatic heterocycles. The minimum absolute atomic E-state index is 0.0750. The lowest BCUT2D eigenvalue weighted by atomic mass is 10.2. The SMILES string of the molecule is O=C(CCCNC(=O)c1ccc(Cl)cc1)NCc1cn2cc(Br)ccc2n1. The van der Waals surface area contributed by atoms with Gasteiger partial charge >= 0.3 is 0 Å². The molecule has 0 aliphatic carbocycles. The quantitative estimate of drug-likeness (QED) is 0.541. The van der Waals surface area contributed by atoms with Gasteiger partial charge in [0.15, 0.2) is 0 Å². The lowest BCUT2D eigenvalue weighted by Gasteiger charge is -2.06. The van der Waals surface area contributed by atoms with Crippen LogP contribution in [-0.4, -0.2) is 27.7 Å². The number of pyridine rings is 1. The van der Waals surface area contributed by atoms with E-state index < -0.39 is 0 Å². The minimum Gasteiger partial charge on any atom is -0.352 e.